The molecular formula is C13H16ClNO2. The van der Waals surface area contributed by atoms with Crippen LogP contribution in [0.1, 0.15) is 18.5 Å². The quantitative estimate of drug-likeness (QED) is 0.770. The van der Waals surface area contributed by atoms with Crippen molar-refractivity contribution >= 4 is 23.2 Å². The van der Waals surface area contributed by atoms with E-state index in [1.165, 1.54) is 0 Å². The number of benzene rings is 2. The van der Waals surface area contributed by atoms with E-state index in [1.807, 2.05) is 30.3 Å². The zero-order valence-electron chi connectivity index (χ0n) is 9.50. The highest BCUT2D eigenvalue weighted by Crippen LogP contribution is 2.32. The van der Waals surface area contributed by atoms with Crippen LogP contribution in [0.25, 0.3) is 10.8 Å². The number of aliphatic hydroxyl groups is 1. The molecule has 0 fully saturated rings. The van der Waals surface area contributed by atoms with Crippen molar-refractivity contribution in [2.24, 2.45) is 5.73 Å². The summed E-state index contributed by atoms with van der Waals surface area (Å²) in [6, 6.07) is 10.5. The summed E-state index contributed by atoms with van der Waals surface area (Å²) in [7, 11) is 0. The molecule has 2 atom stereocenters. The smallest absolute Gasteiger partial charge is 0.121 e. The second-order valence-corrected chi connectivity index (χ2v) is 3.99. The third kappa shape index (κ3) is 2.52. The Balaban J connectivity index is 0.00000144. The minimum atomic E-state index is -0.697. The molecule has 0 saturated heterocycles. The van der Waals surface area contributed by atoms with Crippen LogP contribution in [0.3, 0.4) is 0 Å². The summed E-state index contributed by atoms with van der Waals surface area (Å²) in [5, 5.41) is 21.2. The van der Waals surface area contributed by atoms with Gasteiger partial charge in [-0.15, -0.1) is 12.4 Å². The summed E-state index contributed by atoms with van der Waals surface area (Å²) >= 11 is 0. The SMILES string of the molecule is C[C@@H](O)[C@@H](N)c1c(O)ccc2ccccc12.Cl. The van der Waals surface area contributed by atoms with Crippen LogP contribution in [0, 0.1) is 0 Å². The summed E-state index contributed by atoms with van der Waals surface area (Å²) in [4.78, 5) is 0. The highest BCUT2D eigenvalue weighted by atomic mass is 35.5. The standard InChI is InChI=1S/C13H15NO2.ClH/c1-8(15)13(14)12-10-5-3-2-4-9(10)6-7-11(12)16;/h2-8,13,15-16H,14H2,1H3;1H/t8-,13-;/m1./s1. The summed E-state index contributed by atoms with van der Waals surface area (Å²) in [6.45, 7) is 1.62. The molecule has 0 bridgehead atoms. The number of fused-ring (bicyclic) bond motifs is 1. The number of phenols is 1. The third-order valence-electron chi connectivity index (χ3n) is 2.80. The van der Waals surface area contributed by atoms with E-state index >= 15 is 0 Å². The molecule has 2 aromatic rings. The van der Waals surface area contributed by atoms with Crippen LogP contribution in [-0.2, 0) is 0 Å². The maximum Gasteiger partial charge on any atom is 0.121 e. The molecule has 0 amide bonds. The van der Waals surface area contributed by atoms with Gasteiger partial charge in [0.2, 0.25) is 0 Å². The average Bonchev–Trinajstić information content (AvgIpc) is 2.28. The monoisotopic (exact) mass is 253 g/mol. The summed E-state index contributed by atoms with van der Waals surface area (Å²) in [5.41, 5.74) is 6.50. The van der Waals surface area contributed by atoms with Gasteiger partial charge in [0, 0.05) is 5.56 Å². The van der Waals surface area contributed by atoms with Gasteiger partial charge in [-0.3, -0.25) is 0 Å². The number of aliphatic hydroxyl groups excluding tert-OH is 1. The topological polar surface area (TPSA) is 66.5 Å². The Morgan fingerprint density at radius 2 is 1.76 bits per heavy atom. The van der Waals surface area contributed by atoms with Crippen LogP contribution in [0.4, 0.5) is 0 Å². The molecule has 4 N–H and O–H groups in total. The predicted molar refractivity (Wildman–Crippen MR) is 71.5 cm³/mol. The normalized spacial score (nSPS) is 14.1. The molecule has 17 heavy (non-hydrogen) atoms. The highest BCUT2D eigenvalue weighted by Gasteiger charge is 2.18. The van der Waals surface area contributed by atoms with E-state index < -0.39 is 12.1 Å². The van der Waals surface area contributed by atoms with Crippen molar-refractivity contribution in [3.8, 4) is 5.75 Å². The largest absolute Gasteiger partial charge is 0.508 e. The number of phenolic OH excluding ortho intramolecular Hbond substituents is 1. The molecule has 0 radical (unpaired) electrons. The molecule has 0 unspecified atom stereocenters. The number of hydrogen-bond donors (Lipinski definition) is 3. The Bertz CT molecular complexity index is 514. The van der Waals surface area contributed by atoms with Gasteiger partial charge in [-0.05, 0) is 23.8 Å². The van der Waals surface area contributed by atoms with Gasteiger partial charge in [0.25, 0.3) is 0 Å². The van der Waals surface area contributed by atoms with Crippen LogP contribution in [0.2, 0.25) is 0 Å². The molecule has 3 nitrogen and oxygen atoms in total. The Morgan fingerprint density at radius 3 is 2.41 bits per heavy atom. The molecular weight excluding hydrogens is 238 g/mol. The fourth-order valence-corrected chi connectivity index (χ4v) is 1.88. The van der Waals surface area contributed by atoms with Crippen molar-refractivity contribution in [2.45, 2.75) is 19.1 Å². The molecule has 2 rings (SSSR count). The van der Waals surface area contributed by atoms with Gasteiger partial charge < -0.3 is 15.9 Å². The van der Waals surface area contributed by atoms with E-state index in [2.05, 4.69) is 0 Å². The Morgan fingerprint density at radius 1 is 1.12 bits per heavy atom. The van der Waals surface area contributed by atoms with Gasteiger partial charge in [-0.25, -0.2) is 0 Å². The molecule has 92 valence electrons. The van der Waals surface area contributed by atoms with E-state index in [1.54, 1.807) is 13.0 Å². The number of hydrogen-bond acceptors (Lipinski definition) is 3. The summed E-state index contributed by atoms with van der Waals surface area (Å²) in [5.74, 6) is 0.132. The van der Waals surface area contributed by atoms with Crippen molar-refractivity contribution in [2.75, 3.05) is 0 Å². The van der Waals surface area contributed by atoms with Crippen LogP contribution in [0.5, 0.6) is 5.75 Å². The summed E-state index contributed by atoms with van der Waals surface area (Å²) < 4.78 is 0. The molecule has 0 heterocycles. The average molecular weight is 254 g/mol. The lowest BCUT2D eigenvalue weighted by molar-refractivity contribution is 0.163. The Hall–Kier alpha value is -1.29. The van der Waals surface area contributed by atoms with Gasteiger partial charge in [0.1, 0.15) is 5.75 Å². The van der Waals surface area contributed by atoms with Gasteiger partial charge in [-0.2, -0.15) is 0 Å². The van der Waals surface area contributed by atoms with Crippen molar-refractivity contribution in [1.82, 2.24) is 0 Å². The molecule has 0 spiro atoms. The van der Waals surface area contributed by atoms with Gasteiger partial charge in [-0.1, -0.05) is 30.3 Å². The Labute approximate surface area is 106 Å². The zero-order valence-corrected chi connectivity index (χ0v) is 10.3. The second kappa shape index (κ2) is 5.36. The van der Waals surface area contributed by atoms with Gasteiger partial charge in [0.05, 0.1) is 12.1 Å². The molecule has 0 aliphatic carbocycles. The van der Waals surface area contributed by atoms with Gasteiger partial charge in [0.15, 0.2) is 0 Å². The fourth-order valence-electron chi connectivity index (χ4n) is 1.88. The lowest BCUT2D eigenvalue weighted by atomic mass is 9.95. The molecule has 0 aliphatic heterocycles. The predicted octanol–water partition coefficient (Wildman–Crippen LogP) is 2.35. The lowest BCUT2D eigenvalue weighted by Crippen LogP contribution is -2.23. The maximum atomic E-state index is 9.84. The lowest BCUT2D eigenvalue weighted by Gasteiger charge is -2.18. The minimum Gasteiger partial charge on any atom is -0.508 e. The van der Waals surface area contributed by atoms with Crippen LogP contribution in [-0.4, -0.2) is 16.3 Å². The van der Waals surface area contributed by atoms with E-state index in [9.17, 15) is 10.2 Å². The molecule has 0 aliphatic rings. The molecule has 0 saturated carbocycles. The maximum absolute atomic E-state index is 9.84. The first-order chi connectivity index (χ1) is 7.61. The van der Waals surface area contributed by atoms with Crippen LogP contribution in [0.15, 0.2) is 36.4 Å². The van der Waals surface area contributed by atoms with E-state index in [4.69, 9.17) is 5.73 Å². The van der Waals surface area contributed by atoms with E-state index in [-0.39, 0.29) is 18.2 Å². The fraction of sp³-hybridized carbons (Fsp3) is 0.231. The van der Waals surface area contributed by atoms with Crippen LogP contribution >= 0.6 is 12.4 Å². The second-order valence-electron chi connectivity index (χ2n) is 3.99. The van der Waals surface area contributed by atoms with Crippen molar-refractivity contribution in [3.63, 3.8) is 0 Å². The van der Waals surface area contributed by atoms with Crippen molar-refractivity contribution < 1.29 is 10.2 Å². The van der Waals surface area contributed by atoms with E-state index in [0.29, 0.717) is 5.56 Å². The third-order valence-corrected chi connectivity index (χ3v) is 2.80. The van der Waals surface area contributed by atoms with Crippen molar-refractivity contribution in [1.29, 1.82) is 0 Å². The first-order valence-electron chi connectivity index (χ1n) is 5.25. The minimum absolute atomic E-state index is 0. The number of aromatic hydroxyl groups is 1. The summed E-state index contributed by atoms with van der Waals surface area (Å²) in [6.07, 6.45) is -0.697. The molecule has 4 heteroatoms. The number of rotatable bonds is 2. The highest BCUT2D eigenvalue weighted by molar-refractivity contribution is 5.88. The first kappa shape index (κ1) is 13.8. The zero-order chi connectivity index (χ0) is 11.7. The van der Waals surface area contributed by atoms with E-state index in [0.717, 1.165) is 10.8 Å². The number of nitrogens with two attached hydrogens (primary N) is 1. The van der Waals surface area contributed by atoms with Gasteiger partial charge >= 0.3 is 0 Å². The number of halogens is 1. The molecule has 0 aromatic heterocycles. The Kier molecular flexibility index (Phi) is 4.34. The molecule has 2 aromatic carbocycles. The van der Waals surface area contributed by atoms with Crippen LogP contribution < -0.4 is 5.73 Å². The van der Waals surface area contributed by atoms with Crippen molar-refractivity contribution in [3.05, 3.63) is 42.0 Å². The first-order valence-corrected chi connectivity index (χ1v) is 5.25.